The third-order valence-electron chi connectivity index (χ3n) is 6.81. The topological polar surface area (TPSA) is 44.8 Å². The highest BCUT2D eigenvalue weighted by Crippen LogP contribution is 2.37. The molecular weight excluding hydrogens is 472 g/mol. The Hall–Kier alpha value is -3.53. The minimum Gasteiger partial charge on any atom is -0.478 e. The molecular formula is C34H42O4. The van der Waals surface area contributed by atoms with Gasteiger partial charge in [0.05, 0.1) is 6.61 Å². The Bertz CT molecular complexity index is 1210. The summed E-state index contributed by atoms with van der Waals surface area (Å²) < 4.78 is 17.1. The minimum absolute atomic E-state index is 0.0558. The zero-order valence-electron chi connectivity index (χ0n) is 24.0. The van der Waals surface area contributed by atoms with Crippen molar-refractivity contribution in [3.8, 4) is 28.4 Å². The van der Waals surface area contributed by atoms with Gasteiger partial charge in [-0.3, -0.25) is 0 Å². The van der Waals surface area contributed by atoms with Gasteiger partial charge >= 0.3 is 5.97 Å². The predicted octanol–water partition coefficient (Wildman–Crippen LogP) is 9.22. The van der Waals surface area contributed by atoms with E-state index in [1.807, 2.05) is 30.3 Å². The van der Waals surface area contributed by atoms with Crippen molar-refractivity contribution >= 4 is 12.0 Å². The first kappa shape index (κ1) is 29.0. The Balaban J connectivity index is 1.89. The molecule has 0 spiro atoms. The van der Waals surface area contributed by atoms with Crippen LogP contribution in [0.1, 0.15) is 72.4 Å². The summed E-state index contributed by atoms with van der Waals surface area (Å²) >= 11 is 0. The average molecular weight is 515 g/mol. The molecule has 4 heteroatoms. The quantitative estimate of drug-likeness (QED) is 0.239. The third-order valence-corrected chi connectivity index (χ3v) is 6.81. The smallest absolute Gasteiger partial charge is 0.344 e. The summed E-state index contributed by atoms with van der Waals surface area (Å²) in [4.78, 5) is 11.9. The molecule has 0 aliphatic rings. The van der Waals surface area contributed by atoms with Crippen LogP contribution in [-0.2, 0) is 14.9 Å². The number of esters is 1. The van der Waals surface area contributed by atoms with E-state index in [2.05, 4.69) is 84.0 Å². The van der Waals surface area contributed by atoms with E-state index in [-0.39, 0.29) is 12.0 Å². The Morgan fingerprint density at radius 2 is 1.47 bits per heavy atom. The van der Waals surface area contributed by atoms with Gasteiger partial charge in [-0.2, -0.15) is 0 Å². The van der Waals surface area contributed by atoms with Crippen molar-refractivity contribution in [3.63, 3.8) is 0 Å². The molecule has 3 rings (SSSR count). The first-order chi connectivity index (χ1) is 18.1. The molecule has 0 radical (unpaired) electrons. The standard InChI is InChI=1S/C34H42O4/c1-8-26(9-2)24(4)21-25-11-13-27(14-12-25)28-15-20-31(37-23-33(35)36-10-3)32(22-28)38-30-18-16-29(17-19-30)34(5,6)7/h11-22,26H,8-10,23H2,1-7H3/b24-21-. The van der Waals surface area contributed by atoms with E-state index in [1.54, 1.807) is 6.92 Å². The van der Waals surface area contributed by atoms with Crippen LogP contribution in [-0.4, -0.2) is 19.2 Å². The average Bonchev–Trinajstić information content (AvgIpc) is 2.89. The van der Waals surface area contributed by atoms with Gasteiger partial charge in [0.1, 0.15) is 5.75 Å². The molecule has 0 bridgehead atoms. The molecule has 202 valence electrons. The molecule has 0 heterocycles. The molecule has 0 unspecified atom stereocenters. The third kappa shape index (κ3) is 7.98. The second-order valence-corrected chi connectivity index (χ2v) is 10.7. The van der Waals surface area contributed by atoms with Gasteiger partial charge < -0.3 is 14.2 Å². The summed E-state index contributed by atoms with van der Waals surface area (Å²) in [5, 5.41) is 0. The summed E-state index contributed by atoms with van der Waals surface area (Å²) in [5.41, 5.74) is 5.97. The number of rotatable bonds is 11. The van der Waals surface area contributed by atoms with Crippen molar-refractivity contribution in [2.45, 2.75) is 66.7 Å². The van der Waals surface area contributed by atoms with Crippen molar-refractivity contribution in [2.75, 3.05) is 13.2 Å². The fourth-order valence-electron chi connectivity index (χ4n) is 4.46. The van der Waals surface area contributed by atoms with E-state index in [4.69, 9.17) is 14.2 Å². The second kappa shape index (κ2) is 13.3. The highest BCUT2D eigenvalue weighted by atomic mass is 16.6. The van der Waals surface area contributed by atoms with E-state index in [0.29, 0.717) is 29.8 Å². The minimum atomic E-state index is -0.413. The van der Waals surface area contributed by atoms with Gasteiger partial charge in [-0.15, -0.1) is 0 Å². The van der Waals surface area contributed by atoms with Crippen molar-refractivity contribution in [1.29, 1.82) is 0 Å². The highest BCUT2D eigenvalue weighted by molar-refractivity contribution is 5.72. The molecule has 0 saturated carbocycles. The van der Waals surface area contributed by atoms with Gasteiger partial charge in [0.2, 0.25) is 0 Å². The summed E-state index contributed by atoms with van der Waals surface area (Å²) in [6.07, 6.45) is 4.59. The highest BCUT2D eigenvalue weighted by Gasteiger charge is 2.15. The lowest BCUT2D eigenvalue weighted by molar-refractivity contribution is -0.145. The van der Waals surface area contributed by atoms with Gasteiger partial charge in [-0.1, -0.05) is 88.7 Å². The van der Waals surface area contributed by atoms with Crippen LogP contribution in [0.15, 0.2) is 72.3 Å². The van der Waals surface area contributed by atoms with Crippen molar-refractivity contribution in [2.24, 2.45) is 5.92 Å². The van der Waals surface area contributed by atoms with E-state index in [9.17, 15) is 4.79 Å². The molecule has 0 aliphatic heterocycles. The maximum atomic E-state index is 11.9. The number of carbonyl (C=O) groups is 1. The van der Waals surface area contributed by atoms with Crippen LogP contribution in [0.3, 0.4) is 0 Å². The molecule has 0 aliphatic carbocycles. The molecule has 0 N–H and O–H groups in total. The van der Waals surface area contributed by atoms with Gasteiger partial charge in [0, 0.05) is 0 Å². The number of ether oxygens (including phenoxy) is 3. The van der Waals surface area contributed by atoms with E-state index in [1.165, 1.54) is 16.7 Å². The molecule has 38 heavy (non-hydrogen) atoms. The van der Waals surface area contributed by atoms with Crippen molar-refractivity contribution < 1.29 is 19.0 Å². The maximum absolute atomic E-state index is 11.9. The molecule has 4 nitrogen and oxygen atoms in total. The molecule has 0 aromatic heterocycles. The van der Waals surface area contributed by atoms with Gasteiger partial charge in [-0.05, 0) is 84.5 Å². The summed E-state index contributed by atoms with van der Waals surface area (Å²) in [6.45, 7) is 15.2. The Morgan fingerprint density at radius 3 is 2.05 bits per heavy atom. The first-order valence-electron chi connectivity index (χ1n) is 13.6. The molecule has 3 aromatic carbocycles. The Kier molecular flexibility index (Phi) is 10.2. The van der Waals surface area contributed by atoms with Crippen molar-refractivity contribution in [1.82, 2.24) is 0 Å². The van der Waals surface area contributed by atoms with Crippen molar-refractivity contribution in [3.05, 3.63) is 83.4 Å². The predicted molar refractivity (Wildman–Crippen MR) is 157 cm³/mol. The van der Waals surface area contributed by atoms with E-state index >= 15 is 0 Å². The van der Waals surface area contributed by atoms with Crippen LogP contribution in [0.25, 0.3) is 17.2 Å². The van der Waals surface area contributed by atoms with Gasteiger partial charge in [0.15, 0.2) is 18.1 Å². The Morgan fingerprint density at radius 1 is 0.842 bits per heavy atom. The largest absolute Gasteiger partial charge is 0.478 e. The fraction of sp³-hybridized carbons (Fsp3) is 0.382. The number of hydrogen-bond donors (Lipinski definition) is 0. The Labute approximate surface area is 228 Å². The monoisotopic (exact) mass is 514 g/mol. The zero-order chi connectivity index (χ0) is 27.7. The fourth-order valence-corrected chi connectivity index (χ4v) is 4.46. The number of benzene rings is 3. The summed E-state index contributed by atoms with van der Waals surface area (Å²) in [6, 6.07) is 22.4. The SMILES string of the molecule is CCOC(=O)COc1ccc(-c2ccc(/C=C(/C)C(CC)CC)cc2)cc1Oc1ccc(C(C)(C)C)cc1. The van der Waals surface area contributed by atoms with Crippen LogP contribution in [0.4, 0.5) is 0 Å². The normalized spacial score (nSPS) is 11.9. The van der Waals surface area contributed by atoms with Crippen LogP contribution >= 0.6 is 0 Å². The van der Waals surface area contributed by atoms with Gasteiger partial charge in [0.25, 0.3) is 0 Å². The number of allylic oxidation sites excluding steroid dienone is 1. The number of hydrogen-bond acceptors (Lipinski definition) is 4. The van der Waals surface area contributed by atoms with Crippen LogP contribution in [0, 0.1) is 5.92 Å². The molecule has 0 fully saturated rings. The number of carbonyl (C=O) groups excluding carboxylic acids is 1. The first-order valence-corrected chi connectivity index (χ1v) is 13.6. The molecule has 0 atom stereocenters. The molecule has 0 saturated heterocycles. The lowest BCUT2D eigenvalue weighted by Crippen LogP contribution is -2.14. The second-order valence-electron chi connectivity index (χ2n) is 10.7. The summed E-state index contributed by atoms with van der Waals surface area (Å²) in [7, 11) is 0. The summed E-state index contributed by atoms with van der Waals surface area (Å²) in [5.74, 6) is 1.94. The zero-order valence-corrected chi connectivity index (χ0v) is 24.0. The molecule has 0 amide bonds. The molecule has 3 aromatic rings. The van der Waals surface area contributed by atoms with Crippen LogP contribution in [0.2, 0.25) is 0 Å². The maximum Gasteiger partial charge on any atom is 0.344 e. The van der Waals surface area contributed by atoms with Crippen LogP contribution < -0.4 is 9.47 Å². The van der Waals surface area contributed by atoms with Gasteiger partial charge in [-0.25, -0.2) is 4.79 Å². The van der Waals surface area contributed by atoms with E-state index in [0.717, 1.165) is 24.0 Å². The van der Waals surface area contributed by atoms with Crippen LogP contribution in [0.5, 0.6) is 17.2 Å². The lowest BCUT2D eigenvalue weighted by Gasteiger charge is -2.19. The lowest BCUT2D eigenvalue weighted by atomic mass is 9.87. The van der Waals surface area contributed by atoms with E-state index < -0.39 is 5.97 Å².